The average Bonchev–Trinajstić information content (AvgIpc) is 2.45. The monoisotopic (exact) mass is 270 g/mol. The van der Waals surface area contributed by atoms with Crippen molar-refractivity contribution in [1.29, 1.82) is 0 Å². The Morgan fingerprint density at radius 3 is 2.85 bits per heavy atom. The molecule has 0 aliphatic carbocycles. The fourth-order valence-corrected chi connectivity index (χ4v) is 2.61. The maximum absolute atomic E-state index is 13.3. The van der Waals surface area contributed by atoms with E-state index in [-0.39, 0.29) is 5.91 Å². The second-order valence-electron chi connectivity index (χ2n) is 4.96. The zero-order valence-corrected chi connectivity index (χ0v) is 11.0. The van der Waals surface area contributed by atoms with Gasteiger partial charge in [-0.3, -0.25) is 4.79 Å². The Bertz CT molecular complexity index is 669. The number of fused-ring (bicyclic) bond motifs is 1. The largest absolute Gasteiger partial charge is 0.399 e. The number of carbonyl (C=O) groups excluding carboxylic acids is 1. The average molecular weight is 270 g/mol. The van der Waals surface area contributed by atoms with E-state index in [1.165, 1.54) is 12.1 Å². The molecule has 0 fully saturated rings. The van der Waals surface area contributed by atoms with E-state index in [2.05, 4.69) is 0 Å². The smallest absolute Gasteiger partial charge is 0.258 e. The number of nitrogens with two attached hydrogens (primary N) is 1. The van der Waals surface area contributed by atoms with Crippen molar-refractivity contribution < 1.29 is 9.18 Å². The summed E-state index contributed by atoms with van der Waals surface area (Å²) in [6, 6.07) is 11.3. The number of anilines is 2. The first kappa shape index (κ1) is 12.7. The fraction of sp³-hybridized carbons (Fsp3) is 0.188. The Kier molecular flexibility index (Phi) is 3.14. The number of carbonyl (C=O) groups is 1. The summed E-state index contributed by atoms with van der Waals surface area (Å²) in [5.74, 6) is -0.569. The molecular weight excluding hydrogens is 255 g/mol. The van der Waals surface area contributed by atoms with Crippen LogP contribution in [-0.4, -0.2) is 12.5 Å². The highest BCUT2D eigenvalue weighted by atomic mass is 19.1. The van der Waals surface area contributed by atoms with Crippen LogP contribution in [0.2, 0.25) is 0 Å². The van der Waals surface area contributed by atoms with Gasteiger partial charge in [0.05, 0.1) is 0 Å². The zero-order chi connectivity index (χ0) is 14.1. The van der Waals surface area contributed by atoms with Crippen molar-refractivity contribution in [3.05, 3.63) is 59.4 Å². The van der Waals surface area contributed by atoms with Gasteiger partial charge in [0, 0.05) is 23.5 Å². The summed E-state index contributed by atoms with van der Waals surface area (Å²) in [7, 11) is 0. The van der Waals surface area contributed by atoms with E-state index >= 15 is 0 Å². The van der Waals surface area contributed by atoms with Gasteiger partial charge in [0.25, 0.3) is 5.91 Å². The summed E-state index contributed by atoms with van der Waals surface area (Å²) < 4.78 is 13.3. The lowest BCUT2D eigenvalue weighted by molar-refractivity contribution is 0.0984. The molecule has 3 nitrogen and oxygen atoms in total. The van der Waals surface area contributed by atoms with Crippen LogP contribution >= 0.6 is 0 Å². The normalized spacial score (nSPS) is 13.9. The quantitative estimate of drug-likeness (QED) is 0.810. The van der Waals surface area contributed by atoms with Gasteiger partial charge in [0.1, 0.15) is 5.82 Å². The van der Waals surface area contributed by atoms with Crippen LogP contribution < -0.4 is 10.6 Å². The van der Waals surface area contributed by atoms with Crippen LogP contribution in [0.3, 0.4) is 0 Å². The first-order valence-electron chi connectivity index (χ1n) is 6.61. The molecule has 1 heterocycles. The summed E-state index contributed by atoms with van der Waals surface area (Å²) >= 11 is 0. The Labute approximate surface area is 116 Å². The highest BCUT2D eigenvalue weighted by Gasteiger charge is 2.23. The molecule has 3 rings (SSSR count). The van der Waals surface area contributed by atoms with Gasteiger partial charge in [0.15, 0.2) is 0 Å². The molecule has 2 aromatic carbocycles. The van der Waals surface area contributed by atoms with Gasteiger partial charge in [0.2, 0.25) is 0 Å². The third-order valence-electron chi connectivity index (χ3n) is 3.54. The Morgan fingerprint density at radius 2 is 2.05 bits per heavy atom. The van der Waals surface area contributed by atoms with Crippen LogP contribution in [0.25, 0.3) is 0 Å². The van der Waals surface area contributed by atoms with E-state index < -0.39 is 5.82 Å². The molecule has 1 aliphatic heterocycles. The van der Waals surface area contributed by atoms with E-state index in [4.69, 9.17) is 5.73 Å². The molecule has 0 radical (unpaired) electrons. The molecule has 0 spiro atoms. The number of hydrogen-bond acceptors (Lipinski definition) is 2. The second-order valence-corrected chi connectivity index (χ2v) is 4.96. The second kappa shape index (κ2) is 4.96. The third kappa shape index (κ3) is 2.25. The van der Waals surface area contributed by atoms with Crippen LogP contribution in [0.5, 0.6) is 0 Å². The van der Waals surface area contributed by atoms with Gasteiger partial charge in [-0.15, -0.1) is 0 Å². The number of aryl methyl sites for hydroxylation is 1. The predicted molar refractivity (Wildman–Crippen MR) is 77.3 cm³/mol. The molecule has 0 bridgehead atoms. The highest BCUT2D eigenvalue weighted by Crippen LogP contribution is 2.30. The van der Waals surface area contributed by atoms with Crippen molar-refractivity contribution >= 4 is 17.3 Å². The van der Waals surface area contributed by atoms with Crippen LogP contribution in [0.15, 0.2) is 42.5 Å². The number of halogens is 1. The molecule has 20 heavy (non-hydrogen) atoms. The standard InChI is InChI=1S/C16H15FN2O/c17-13-5-1-3-12(9-13)16(20)19-8-2-4-11-10-14(18)6-7-15(11)19/h1,3,5-7,9-10H,2,4,8,18H2. The van der Waals surface area contributed by atoms with Crippen molar-refractivity contribution in [3.8, 4) is 0 Å². The minimum absolute atomic E-state index is 0.171. The van der Waals surface area contributed by atoms with Crippen LogP contribution in [0, 0.1) is 5.82 Å². The maximum atomic E-state index is 13.3. The van der Waals surface area contributed by atoms with Crippen LogP contribution in [-0.2, 0) is 6.42 Å². The van der Waals surface area contributed by atoms with Crippen LogP contribution in [0.4, 0.5) is 15.8 Å². The minimum atomic E-state index is -0.398. The first-order valence-corrected chi connectivity index (χ1v) is 6.61. The Morgan fingerprint density at radius 1 is 1.20 bits per heavy atom. The molecule has 0 saturated carbocycles. The Hall–Kier alpha value is -2.36. The van der Waals surface area contributed by atoms with Crippen molar-refractivity contribution in [2.75, 3.05) is 17.2 Å². The van der Waals surface area contributed by atoms with Gasteiger partial charge < -0.3 is 10.6 Å². The third-order valence-corrected chi connectivity index (χ3v) is 3.54. The van der Waals surface area contributed by atoms with E-state index in [1.807, 2.05) is 12.1 Å². The SMILES string of the molecule is Nc1ccc2c(c1)CCCN2C(=O)c1cccc(F)c1. The predicted octanol–water partition coefficient (Wildman–Crippen LogP) is 3.00. The lowest BCUT2D eigenvalue weighted by atomic mass is 10.00. The van der Waals surface area contributed by atoms with Gasteiger partial charge in [-0.05, 0) is 54.8 Å². The number of nitrogen functional groups attached to an aromatic ring is 1. The summed E-state index contributed by atoms with van der Waals surface area (Å²) in [5, 5.41) is 0. The molecule has 4 heteroatoms. The number of rotatable bonds is 1. The first-order chi connectivity index (χ1) is 9.65. The van der Waals surface area contributed by atoms with E-state index in [0.717, 1.165) is 24.1 Å². The van der Waals surface area contributed by atoms with E-state index in [0.29, 0.717) is 17.8 Å². The lowest BCUT2D eigenvalue weighted by Gasteiger charge is -2.29. The van der Waals surface area contributed by atoms with Crippen molar-refractivity contribution in [2.45, 2.75) is 12.8 Å². The zero-order valence-electron chi connectivity index (χ0n) is 11.0. The summed E-state index contributed by atoms with van der Waals surface area (Å²) in [5.41, 5.74) is 8.79. The van der Waals surface area contributed by atoms with Crippen molar-refractivity contribution in [3.63, 3.8) is 0 Å². The molecule has 0 unspecified atom stereocenters. The fourth-order valence-electron chi connectivity index (χ4n) is 2.61. The van der Waals surface area contributed by atoms with Crippen molar-refractivity contribution in [2.24, 2.45) is 0 Å². The van der Waals surface area contributed by atoms with Gasteiger partial charge >= 0.3 is 0 Å². The lowest BCUT2D eigenvalue weighted by Crippen LogP contribution is -2.35. The number of nitrogens with zero attached hydrogens (tertiary/aromatic N) is 1. The van der Waals surface area contributed by atoms with Crippen molar-refractivity contribution in [1.82, 2.24) is 0 Å². The van der Waals surface area contributed by atoms with Gasteiger partial charge in [-0.25, -0.2) is 4.39 Å². The summed E-state index contributed by atoms with van der Waals surface area (Å²) in [6.45, 7) is 0.645. The molecule has 1 amide bonds. The molecule has 0 saturated heterocycles. The molecule has 2 N–H and O–H groups in total. The number of hydrogen-bond donors (Lipinski definition) is 1. The van der Waals surface area contributed by atoms with Gasteiger partial charge in [-0.1, -0.05) is 6.07 Å². The molecule has 1 aliphatic rings. The van der Waals surface area contributed by atoms with E-state index in [9.17, 15) is 9.18 Å². The van der Waals surface area contributed by atoms with Gasteiger partial charge in [-0.2, -0.15) is 0 Å². The number of amides is 1. The minimum Gasteiger partial charge on any atom is -0.399 e. The summed E-state index contributed by atoms with van der Waals surface area (Å²) in [4.78, 5) is 14.2. The molecule has 2 aromatic rings. The topological polar surface area (TPSA) is 46.3 Å². The molecule has 0 atom stereocenters. The van der Waals surface area contributed by atoms with E-state index in [1.54, 1.807) is 23.1 Å². The summed E-state index contributed by atoms with van der Waals surface area (Å²) in [6.07, 6.45) is 1.80. The maximum Gasteiger partial charge on any atom is 0.258 e. The highest BCUT2D eigenvalue weighted by molar-refractivity contribution is 6.06. The number of benzene rings is 2. The molecular formula is C16H15FN2O. The van der Waals surface area contributed by atoms with Crippen LogP contribution in [0.1, 0.15) is 22.3 Å². The molecule has 0 aromatic heterocycles. The molecule has 102 valence electrons. The Balaban J connectivity index is 1.98.